The van der Waals surface area contributed by atoms with Gasteiger partial charge in [0, 0.05) is 24.2 Å². The second-order valence-corrected chi connectivity index (χ2v) is 7.60. The Balaban J connectivity index is 2.07. The minimum Gasteiger partial charge on any atom is -0.311 e. The lowest BCUT2D eigenvalue weighted by atomic mass is 9.81. The van der Waals surface area contributed by atoms with Gasteiger partial charge in [-0.15, -0.1) is 11.3 Å². The number of aromatic nitrogens is 2. The highest BCUT2D eigenvalue weighted by Crippen LogP contribution is 2.25. The van der Waals surface area contributed by atoms with Crippen molar-refractivity contribution in [1.82, 2.24) is 14.7 Å². The molecule has 0 saturated heterocycles. The Morgan fingerprint density at radius 2 is 2.05 bits per heavy atom. The summed E-state index contributed by atoms with van der Waals surface area (Å²) in [4.78, 5) is 7.04. The van der Waals surface area contributed by atoms with Gasteiger partial charge in [-0.05, 0) is 25.2 Å². The molecule has 0 fully saturated rings. The van der Waals surface area contributed by atoms with Crippen LogP contribution in [0.1, 0.15) is 44.0 Å². The molecule has 0 amide bonds. The van der Waals surface area contributed by atoms with E-state index in [0.717, 1.165) is 23.7 Å². The fourth-order valence-corrected chi connectivity index (χ4v) is 2.92. The van der Waals surface area contributed by atoms with Gasteiger partial charge in [0.05, 0.1) is 11.4 Å². The van der Waals surface area contributed by atoms with Crippen LogP contribution in [0.3, 0.4) is 0 Å². The second kappa shape index (κ2) is 5.25. The van der Waals surface area contributed by atoms with E-state index in [0.29, 0.717) is 11.3 Å². The van der Waals surface area contributed by atoms with E-state index in [1.165, 1.54) is 10.6 Å². The Kier molecular flexibility index (Phi) is 4.02. The molecule has 0 radical (unpaired) electrons. The molecular weight excluding hydrogens is 254 g/mol. The van der Waals surface area contributed by atoms with E-state index in [1.54, 1.807) is 11.3 Å². The number of fused-ring (bicyclic) bond motifs is 1. The lowest BCUT2D eigenvalue weighted by molar-refractivity contribution is 0.237. The summed E-state index contributed by atoms with van der Waals surface area (Å²) in [7, 11) is 0. The highest BCUT2D eigenvalue weighted by atomic mass is 32.1. The van der Waals surface area contributed by atoms with E-state index in [1.807, 2.05) is 0 Å². The Hall–Kier alpha value is -0.870. The summed E-state index contributed by atoms with van der Waals surface area (Å²) in [5.74, 6) is 0.676. The van der Waals surface area contributed by atoms with E-state index in [-0.39, 0.29) is 0 Å². The minimum atomic E-state index is 0.322. The maximum atomic E-state index is 4.63. The fraction of sp³-hybridized carbons (Fsp3) is 0.667. The fourth-order valence-electron chi connectivity index (χ4n) is 2.03. The minimum absolute atomic E-state index is 0.322. The molecule has 0 aliphatic carbocycles. The predicted octanol–water partition coefficient (Wildman–Crippen LogP) is 3.78. The molecule has 106 valence electrons. The van der Waals surface area contributed by atoms with E-state index in [9.17, 15) is 0 Å². The molecule has 0 aliphatic rings. The topological polar surface area (TPSA) is 29.3 Å². The van der Waals surface area contributed by atoms with Crippen molar-refractivity contribution in [3.63, 3.8) is 0 Å². The molecule has 0 spiro atoms. The van der Waals surface area contributed by atoms with Gasteiger partial charge in [0.1, 0.15) is 0 Å². The number of aryl methyl sites for hydroxylation is 2. The van der Waals surface area contributed by atoms with Crippen LogP contribution >= 0.6 is 11.3 Å². The third-order valence-corrected chi connectivity index (χ3v) is 5.07. The summed E-state index contributed by atoms with van der Waals surface area (Å²) in [6.45, 7) is 15.3. The van der Waals surface area contributed by atoms with E-state index in [2.05, 4.69) is 62.4 Å². The molecule has 0 unspecified atom stereocenters. The summed E-state index contributed by atoms with van der Waals surface area (Å²) < 4.78 is 2.23. The van der Waals surface area contributed by atoms with Crippen molar-refractivity contribution in [3.8, 4) is 0 Å². The molecule has 0 aliphatic heterocycles. The molecule has 2 aromatic rings. The number of rotatable bonds is 5. The van der Waals surface area contributed by atoms with Crippen molar-refractivity contribution in [2.24, 2.45) is 11.3 Å². The third-order valence-electron chi connectivity index (χ3n) is 4.18. The number of hydrogen-bond acceptors (Lipinski definition) is 3. The summed E-state index contributed by atoms with van der Waals surface area (Å²) in [5.41, 5.74) is 2.75. The van der Waals surface area contributed by atoms with Gasteiger partial charge < -0.3 is 5.32 Å². The summed E-state index contributed by atoms with van der Waals surface area (Å²) in [5, 5.41) is 3.60. The first kappa shape index (κ1) is 14.5. The quantitative estimate of drug-likeness (QED) is 0.902. The van der Waals surface area contributed by atoms with Crippen LogP contribution in [0.25, 0.3) is 4.96 Å². The first-order valence-corrected chi connectivity index (χ1v) is 7.77. The number of nitrogens with zero attached hydrogens (tertiary/aromatic N) is 2. The maximum absolute atomic E-state index is 4.63. The summed E-state index contributed by atoms with van der Waals surface area (Å²) >= 11 is 1.76. The normalized spacial score (nSPS) is 12.8. The van der Waals surface area contributed by atoms with Crippen LogP contribution in [0, 0.1) is 25.2 Å². The van der Waals surface area contributed by atoms with Crippen LogP contribution in [-0.2, 0) is 6.54 Å². The SMILES string of the molecule is Cc1cn2c(CNCC(C)(C)C(C)C)c(C)nc2s1. The molecule has 3 nitrogen and oxygen atoms in total. The van der Waals surface area contributed by atoms with Gasteiger partial charge in [0.2, 0.25) is 0 Å². The molecule has 0 bridgehead atoms. The van der Waals surface area contributed by atoms with Gasteiger partial charge in [0.25, 0.3) is 0 Å². The molecule has 0 saturated carbocycles. The van der Waals surface area contributed by atoms with Gasteiger partial charge in [-0.25, -0.2) is 4.98 Å². The molecular formula is C15H25N3S. The summed E-state index contributed by atoms with van der Waals surface area (Å²) in [6, 6.07) is 0. The number of hydrogen-bond donors (Lipinski definition) is 1. The number of nitrogens with one attached hydrogen (secondary N) is 1. The van der Waals surface area contributed by atoms with E-state index >= 15 is 0 Å². The van der Waals surface area contributed by atoms with Gasteiger partial charge in [0.15, 0.2) is 4.96 Å². The Morgan fingerprint density at radius 3 is 2.68 bits per heavy atom. The molecule has 1 N–H and O–H groups in total. The lowest BCUT2D eigenvalue weighted by Crippen LogP contribution is -2.33. The lowest BCUT2D eigenvalue weighted by Gasteiger charge is -2.29. The Bertz CT molecular complexity index is 563. The van der Waals surface area contributed by atoms with Crippen molar-refractivity contribution in [2.45, 2.75) is 48.1 Å². The third kappa shape index (κ3) is 3.00. The molecule has 4 heteroatoms. The van der Waals surface area contributed by atoms with Crippen molar-refractivity contribution in [1.29, 1.82) is 0 Å². The van der Waals surface area contributed by atoms with Crippen LogP contribution in [0.15, 0.2) is 6.20 Å². The van der Waals surface area contributed by atoms with Gasteiger partial charge in [-0.2, -0.15) is 0 Å². The highest BCUT2D eigenvalue weighted by molar-refractivity contribution is 7.17. The molecule has 0 aromatic carbocycles. The number of thiazole rings is 1. The van der Waals surface area contributed by atoms with Crippen molar-refractivity contribution in [2.75, 3.05) is 6.54 Å². The van der Waals surface area contributed by atoms with Crippen molar-refractivity contribution >= 4 is 16.3 Å². The van der Waals surface area contributed by atoms with E-state index in [4.69, 9.17) is 0 Å². The zero-order valence-corrected chi connectivity index (χ0v) is 13.7. The second-order valence-electron chi connectivity index (χ2n) is 6.39. The molecule has 2 heterocycles. The standard InChI is InChI=1S/C15H25N3S/c1-10(2)15(5,6)9-16-7-13-12(4)17-14-18(13)8-11(3)19-14/h8,10,16H,7,9H2,1-6H3. The summed E-state index contributed by atoms with van der Waals surface area (Å²) in [6.07, 6.45) is 2.19. The zero-order valence-electron chi connectivity index (χ0n) is 12.9. The first-order valence-electron chi connectivity index (χ1n) is 6.96. The zero-order chi connectivity index (χ0) is 14.2. The van der Waals surface area contributed by atoms with Crippen LogP contribution in [0.5, 0.6) is 0 Å². The smallest absolute Gasteiger partial charge is 0.194 e. The molecule has 2 rings (SSSR count). The van der Waals surface area contributed by atoms with Gasteiger partial charge >= 0.3 is 0 Å². The largest absolute Gasteiger partial charge is 0.311 e. The van der Waals surface area contributed by atoms with E-state index < -0.39 is 0 Å². The van der Waals surface area contributed by atoms with Gasteiger partial charge in [-0.3, -0.25) is 4.40 Å². The van der Waals surface area contributed by atoms with Crippen LogP contribution in [0.4, 0.5) is 0 Å². The monoisotopic (exact) mass is 279 g/mol. The molecule has 19 heavy (non-hydrogen) atoms. The Labute approximate surface area is 120 Å². The van der Waals surface area contributed by atoms with Crippen LogP contribution < -0.4 is 5.32 Å². The maximum Gasteiger partial charge on any atom is 0.194 e. The van der Waals surface area contributed by atoms with Crippen molar-refractivity contribution in [3.05, 3.63) is 22.5 Å². The molecule has 0 atom stereocenters. The highest BCUT2D eigenvalue weighted by Gasteiger charge is 2.22. The predicted molar refractivity (Wildman–Crippen MR) is 82.9 cm³/mol. The van der Waals surface area contributed by atoms with Crippen molar-refractivity contribution < 1.29 is 0 Å². The average Bonchev–Trinajstić information content (AvgIpc) is 2.76. The average molecular weight is 279 g/mol. The Morgan fingerprint density at radius 1 is 1.37 bits per heavy atom. The van der Waals surface area contributed by atoms with Gasteiger partial charge in [-0.1, -0.05) is 27.7 Å². The molecule has 2 aromatic heterocycles. The number of imidazole rings is 1. The van der Waals surface area contributed by atoms with Crippen LogP contribution in [-0.4, -0.2) is 15.9 Å². The first-order chi connectivity index (χ1) is 8.81. The van der Waals surface area contributed by atoms with Crippen LogP contribution in [0.2, 0.25) is 0 Å².